The Morgan fingerprint density at radius 3 is 2.60 bits per heavy atom. The van der Waals surface area contributed by atoms with Crippen molar-refractivity contribution in [1.29, 1.82) is 0 Å². The summed E-state index contributed by atoms with van der Waals surface area (Å²) in [6, 6.07) is 9.68. The van der Waals surface area contributed by atoms with Gasteiger partial charge in [0, 0.05) is 12.7 Å². The molecule has 2 aromatic rings. The number of nitrogen functional groups attached to an aromatic ring is 1. The number of carbonyl (C=O) groups excluding carboxylic acids is 1. The molecule has 0 radical (unpaired) electrons. The van der Waals surface area contributed by atoms with E-state index in [2.05, 4.69) is 0 Å². The van der Waals surface area contributed by atoms with Crippen molar-refractivity contribution in [2.24, 2.45) is 0 Å². The van der Waals surface area contributed by atoms with Crippen LogP contribution in [0.25, 0.3) is 0 Å². The average Bonchev–Trinajstić information content (AvgIpc) is 2.42. The first kappa shape index (κ1) is 14.3. The molecule has 0 fully saturated rings. The average molecular weight is 293 g/mol. The van der Waals surface area contributed by atoms with Gasteiger partial charge in [0.25, 0.3) is 5.91 Å². The van der Waals surface area contributed by atoms with Crippen LogP contribution in [0.15, 0.2) is 36.4 Å². The van der Waals surface area contributed by atoms with E-state index in [4.69, 9.17) is 17.3 Å². The van der Waals surface area contributed by atoms with E-state index in [0.717, 1.165) is 11.6 Å². The molecule has 1 amide bonds. The first-order valence-corrected chi connectivity index (χ1v) is 6.38. The van der Waals surface area contributed by atoms with Crippen LogP contribution in [0.1, 0.15) is 15.9 Å². The lowest BCUT2D eigenvalue weighted by Gasteiger charge is -2.20. The van der Waals surface area contributed by atoms with Crippen LogP contribution in [0, 0.1) is 12.7 Å². The topological polar surface area (TPSA) is 46.3 Å². The van der Waals surface area contributed by atoms with Crippen LogP contribution in [0.5, 0.6) is 0 Å². The Bertz CT molecular complexity index is 673. The fourth-order valence-electron chi connectivity index (χ4n) is 1.96. The summed E-state index contributed by atoms with van der Waals surface area (Å²) in [5, 5.41) is 0.0950. The second kappa shape index (κ2) is 5.51. The van der Waals surface area contributed by atoms with E-state index in [1.165, 1.54) is 11.0 Å². The van der Waals surface area contributed by atoms with Crippen LogP contribution in [-0.2, 0) is 0 Å². The number of hydrogen-bond acceptors (Lipinski definition) is 2. The van der Waals surface area contributed by atoms with Crippen molar-refractivity contribution in [3.63, 3.8) is 0 Å². The van der Waals surface area contributed by atoms with Gasteiger partial charge in [-0.25, -0.2) is 4.39 Å². The Balaban J connectivity index is 2.42. The lowest BCUT2D eigenvalue weighted by molar-refractivity contribution is 0.0989. The zero-order valence-corrected chi connectivity index (χ0v) is 11.9. The van der Waals surface area contributed by atoms with Gasteiger partial charge in [-0.3, -0.25) is 4.79 Å². The zero-order valence-electron chi connectivity index (χ0n) is 11.2. The number of amides is 1. The normalized spacial score (nSPS) is 10.4. The van der Waals surface area contributed by atoms with Crippen molar-refractivity contribution in [2.75, 3.05) is 17.7 Å². The van der Waals surface area contributed by atoms with E-state index in [1.54, 1.807) is 13.1 Å². The number of rotatable bonds is 2. The van der Waals surface area contributed by atoms with Crippen molar-refractivity contribution in [2.45, 2.75) is 6.92 Å². The van der Waals surface area contributed by atoms with Crippen molar-refractivity contribution in [3.8, 4) is 0 Å². The lowest BCUT2D eigenvalue weighted by atomic mass is 10.1. The monoisotopic (exact) mass is 292 g/mol. The molecular weight excluding hydrogens is 279 g/mol. The lowest BCUT2D eigenvalue weighted by Crippen LogP contribution is -2.27. The molecule has 2 N–H and O–H groups in total. The van der Waals surface area contributed by atoms with Crippen LogP contribution in [-0.4, -0.2) is 13.0 Å². The second-order valence-corrected chi connectivity index (χ2v) is 4.91. The second-order valence-electron chi connectivity index (χ2n) is 4.50. The molecular formula is C15H14ClFN2O. The summed E-state index contributed by atoms with van der Waals surface area (Å²) in [7, 11) is 1.59. The summed E-state index contributed by atoms with van der Waals surface area (Å²) in [4.78, 5) is 13.8. The summed E-state index contributed by atoms with van der Waals surface area (Å²) in [6.45, 7) is 1.88. The van der Waals surface area contributed by atoms with E-state index in [0.29, 0.717) is 5.69 Å². The van der Waals surface area contributed by atoms with E-state index in [9.17, 15) is 9.18 Å². The highest BCUT2D eigenvalue weighted by Gasteiger charge is 2.20. The molecule has 0 atom stereocenters. The van der Waals surface area contributed by atoms with Crippen molar-refractivity contribution < 1.29 is 9.18 Å². The number of anilines is 2. The van der Waals surface area contributed by atoms with E-state index < -0.39 is 11.7 Å². The highest BCUT2D eigenvalue weighted by Crippen LogP contribution is 2.26. The van der Waals surface area contributed by atoms with Gasteiger partial charge in [0.15, 0.2) is 0 Å². The molecule has 0 saturated heterocycles. The van der Waals surface area contributed by atoms with Gasteiger partial charge in [-0.05, 0) is 30.7 Å². The number of halogens is 2. The Hall–Kier alpha value is -2.07. The van der Waals surface area contributed by atoms with Crippen molar-refractivity contribution in [3.05, 3.63) is 58.4 Å². The molecule has 0 aliphatic heterocycles. The SMILES string of the molecule is Cc1ccccc1N(C)C(=O)c1cc(N)c(Cl)cc1F. The Labute approximate surface area is 121 Å². The fraction of sp³-hybridized carbons (Fsp3) is 0.133. The fourth-order valence-corrected chi connectivity index (χ4v) is 2.11. The molecule has 2 rings (SSSR count). The minimum atomic E-state index is -0.686. The first-order chi connectivity index (χ1) is 9.41. The molecule has 0 aromatic heterocycles. The molecule has 20 heavy (non-hydrogen) atoms. The molecule has 0 saturated carbocycles. The first-order valence-electron chi connectivity index (χ1n) is 6.00. The number of hydrogen-bond donors (Lipinski definition) is 1. The van der Waals surface area contributed by atoms with E-state index in [-0.39, 0.29) is 16.3 Å². The summed E-state index contributed by atoms with van der Waals surface area (Å²) in [6.07, 6.45) is 0. The number of aryl methyl sites for hydroxylation is 1. The van der Waals surface area contributed by atoms with Gasteiger partial charge < -0.3 is 10.6 Å². The molecule has 0 spiro atoms. The largest absolute Gasteiger partial charge is 0.397 e. The number of carbonyl (C=O) groups is 1. The Kier molecular flexibility index (Phi) is 3.95. The Morgan fingerprint density at radius 1 is 1.30 bits per heavy atom. The molecule has 3 nitrogen and oxygen atoms in total. The number of nitrogens with zero attached hydrogens (tertiary/aromatic N) is 1. The third kappa shape index (κ3) is 2.60. The highest BCUT2D eigenvalue weighted by atomic mass is 35.5. The quantitative estimate of drug-likeness (QED) is 0.859. The van der Waals surface area contributed by atoms with E-state index in [1.807, 2.05) is 25.1 Å². The third-order valence-corrected chi connectivity index (χ3v) is 3.43. The van der Waals surface area contributed by atoms with Crippen LogP contribution in [0.3, 0.4) is 0 Å². The summed E-state index contributed by atoms with van der Waals surface area (Å²) < 4.78 is 13.9. The minimum absolute atomic E-state index is 0.0950. The highest BCUT2D eigenvalue weighted by molar-refractivity contribution is 6.33. The maximum absolute atomic E-state index is 13.9. The minimum Gasteiger partial charge on any atom is -0.397 e. The maximum Gasteiger partial charge on any atom is 0.261 e. The molecule has 5 heteroatoms. The summed E-state index contributed by atoms with van der Waals surface area (Å²) in [5.41, 5.74) is 7.34. The number of nitrogens with two attached hydrogens (primary N) is 1. The molecule has 104 valence electrons. The van der Waals surface area contributed by atoms with E-state index >= 15 is 0 Å². The van der Waals surface area contributed by atoms with Gasteiger partial charge in [0.05, 0.1) is 16.3 Å². The molecule has 0 heterocycles. The standard InChI is InChI=1S/C15H14ClFN2O/c1-9-5-3-4-6-14(9)19(2)15(20)10-7-13(18)11(16)8-12(10)17/h3-8H,18H2,1-2H3. The third-order valence-electron chi connectivity index (χ3n) is 3.10. The molecule has 0 aliphatic carbocycles. The molecule has 2 aromatic carbocycles. The smallest absolute Gasteiger partial charge is 0.261 e. The molecule has 0 aliphatic rings. The predicted octanol–water partition coefficient (Wildman–Crippen LogP) is 3.65. The number of para-hydroxylation sites is 1. The van der Waals surface area contributed by atoms with Crippen LogP contribution >= 0.6 is 11.6 Å². The Morgan fingerprint density at radius 2 is 1.95 bits per heavy atom. The maximum atomic E-state index is 13.9. The van der Waals surface area contributed by atoms with Crippen LogP contribution in [0.4, 0.5) is 15.8 Å². The number of benzene rings is 2. The van der Waals surface area contributed by atoms with Gasteiger partial charge in [0.2, 0.25) is 0 Å². The van der Waals surface area contributed by atoms with Gasteiger partial charge in [-0.15, -0.1) is 0 Å². The van der Waals surface area contributed by atoms with Crippen molar-refractivity contribution in [1.82, 2.24) is 0 Å². The zero-order chi connectivity index (χ0) is 14.9. The summed E-state index contributed by atoms with van der Waals surface area (Å²) >= 11 is 5.72. The molecule has 0 unspecified atom stereocenters. The molecule has 0 bridgehead atoms. The van der Waals surface area contributed by atoms with Gasteiger partial charge in [-0.2, -0.15) is 0 Å². The van der Waals surface area contributed by atoms with Crippen LogP contribution in [0.2, 0.25) is 5.02 Å². The van der Waals surface area contributed by atoms with Gasteiger partial charge >= 0.3 is 0 Å². The predicted molar refractivity (Wildman–Crippen MR) is 79.7 cm³/mol. The van der Waals surface area contributed by atoms with Gasteiger partial charge in [0.1, 0.15) is 5.82 Å². The van der Waals surface area contributed by atoms with Crippen molar-refractivity contribution >= 4 is 28.9 Å². The summed E-state index contributed by atoms with van der Waals surface area (Å²) in [5.74, 6) is -1.16. The van der Waals surface area contributed by atoms with Crippen LogP contribution < -0.4 is 10.6 Å². The van der Waals surface area contributed by atoms with Gasteiger partial charge in [-0.1, -0.05) is 29.8 Å².